The van der Waals surface area contributed by atoms with E-state index in [2.05, 4.69) is 20.8 Å². The van der Waals surface area contributed by atoms with Crippen LogP contribution in [0.3, 0.4) is 0 Å². The molecule has 0 unspecified atom stereocenters. The second-order valence-electron chi connectivity index (χ2n) is 6.70. The normalized spacial score (nSPS) is 47.1. The first kappa shape index (κ1) is 13.1. The summed E-state index contributed by atoms with van der Waals surface area (Å²) in [5.74, 6) is 1.52. The van der Waals surface area contributed by atoms with E-state index in [1.54, 1.807) is 0 Å². The van der Waals surface area contributed by atoms with Gasteiger partial charge < -0.3 is 5.11 Å². The summed E-state index contributed by atoms with van der Waals surface area (Å²) in [4.78, 5) is 12.5. The highest BCUT2D eigenvalue weighted by Gasteiger charge is 2.55. The van der Waals surface area contributed by atoms with Crippen molar-refractivity contribution in [2.24, 2.45) is 29.6 Å². The molecule has 2 aliphatic rings. The zero-order chi connectivity index (χ0) is 12.8. The second-order valence-corrected chi connectivity index (χ2v) is 6.70. The highest BCUT2D eigenvalue weighted by Crippen LogP contribution is 2.51. The molecule has 0 bridgehead atoms. The lowest BCUT2D eigenvalue weighted by Crippen LogP contribution is -2.58. The van der Waals surface area contributed by atoms with Crippen LogP contribution in [-0.4, -0.2) is 16.5 Å². The highest BCUT2D eigenvalue weighted by atomic mass is 16.3. The molecule has 2 heteroatoms. The molecule has 5 atom stereocenters. The van der Waals surface area contributed by atoms with E-state index in [1.807, 2.05) is 6.92 Å². The van der Waals surface area contributed by atoms with Crippen molar-refractivity contribution >= 4 is 5.78 Å². The van der Waals surface area contributed by atoms with Crippen LogP contribution in [0.25, 0.3) is 0 Å². The summed E-state index contributed by atoms with van der Waals surface area (Å²) in [6.45, 7) is 8.52. The van der Waals surface area contributed by atoms with Gasteiger partial charge in [0.15, 0.2) is 0 Å². The van der Waals surface area contributed by atoms with Gasteiger partial charge in [-0.25, -0.2) is 0 Å². The van der Waals surface area contributed by atoms with E-state index in [4.69, 9.17) is 0 Å². The highest BCUT2D eigenvalue weighted by molar-refractivity contribution is 5.85. The predicted molar refractivity (Wildman–Crippen MR) is 68.6 cm³/mol. The maximum Gasteiger partial charge on any atom is 0.141 e. The Morgan fingerprint density at radius 3 is 2.47 bits per heavy atom. The smallest absolute Gasteiger partial charge is 0.141 e. The topological polar surface area (TPSA) is 37.3 Å². The first-order chi connectivity index (χ1) is 7.88. The van der Waals surface area contributed by atoms with Crippen molar-refractivity contribution in [2.45, 2.75) is 59.0 Å². The Balaban J connectivity index is 2.35. The molecule has 2 rings (SSSR count). The first-order valence-electron chi connectivity index (χ1n) is 7.14. The molecule has 2 fully saturated rings. The summed E-state index contributed by atoms with van der Waals surface area (Å²) >= 11 is 0. The molecule has 0 aromatic carbocycles. The molecule has 2 saturated carbocycles. The quantitative estimate of drug-likeness (QED) is 0.762. The van der Waals surface area contributed by atoms with Crippen molar-refractivity contribution in [3.05, 3.63) is 0 Å². The Morgan fingerprint density at radius 2 is 1.88 bits per heavy atom. The van der Waals surface area contributed by atoms with Gasteiger partial charge in [-0.1, -0.05) is 27.7 Å². The fourth-order valence-corrected chi connectivity index (χ4v) is 4.01. The molecule has 98 valence electrons. The van der Waals surface area contributed by atoms with E-state index in [-0.39, 0.29) is 17.8 Å². The van der Waals surface area contributed by atoms with Gasteiger partial charge in [0.25, 0.3) is 0 Å². The van der Waals surface area contributed by atoms with Crippen molar-refractivity contribution in [3.8, 4) is 0 Å². The van der Waals surface area contributed by atoms with Gasteiger partial charge in [0.2, 0.25) is 0 Å². The molecule has 0 aromatic rings. The van der Waals surface area contributed by atoms with E-state index < -0.39 is 5.60 Å². The van der Waals surface area contributed by atoms with Crippen LogP contribution in [0.1, 0.15) is 53.4 Å². The fourth-order valence-electron chi connectivity index (χ4n) is 4.01. The number of rotatable bonds is 1. The monoisotopic (exact) mass is 238 g/mol. The van der Waals surface area contributed by atoms with Crippen LogP contribution in [0.4, 0.5) is 0 Å². The summed E-state index contributed by atoms with van der Waals surface area (Å²) in [5, 5.41) is 10.9. The molecule has 2 nitrogen and oxygen atoms in total. The number of Topliss-reactive ketones (excluding diaryl/α,β-unsaturated/α-hetero) is 1. The largest absolute Gasteiger partial charge is 0.389 e. The summed E-state index contributed by atoms with van der Waals surface area (Å²) in [5.41, 5.74) is -0.712. The summed E-state index contributed by atoms with van der Waals surface area (Å²) < 4.78 is 0. The standard InChI is InChI=1S/C15H26O2/c1-9(2)12-6-5-11(4)15(17)8-7-10(3)14(16)13(12)15/h9-13,17H,5-8H2,1-4H3/t10-,11-,12+,13+,15+/m1/s1. The third-order valence-corrected chi connectivity index (χ3v) is 5.38. The van der Waals surface area contributed by atoms with Crippen LogP contribution in [-0.2, 0) is 4.79 Å². The minimum absolute atomic E-state index is 0.102. The molecule has 0 aromatic heterocycles. The lowest BCUT2D eigenvalue weighted by Gasteiger charge is -2.52. The van der Waals surface area contributed by atoms with Gasteiger partial charge in [-0.05, 0) is 43.4 Å². The van der Waals surface area contributed by atoms with Gasteiger partial charge in [0, 0.05) is 5.92 Å². The van der Waals surface area contributed by atoms with Crippen LogP contribution >= 0.6 is 0 Å². The van der Waals surface area contributed by atoms with Gasteiger partial charge in [-0.2, -0.15) is 0 Å². The molecule has 0 saturated heterocycles. The van der Waals surface area contributed by atoms with Crippen LogP contribution in [0.2, 0.25) is 0 Å². The minimum atomic E-state index is -0.712. The van der Waals surface area contributed by atoms with Gasteiger partial charge in [0.05, 0.1) is 11.5 Å². The Bertz CT molecular complexity index is 310. The Kier molecular flexibility index (Phi) is 3.37. The van der Waals surface area contributed by atoms with E-state index >= 15 is 0 Å². The van der Waals surface area contributed by atoms with E-state index in [0.717, 1.165) is 25.7 Å². The maximum absolute atomic E-state index is 12.5. The number of hydrogen-bond donors (Lipinski definition) is 1. The number of carbonyl (C=O) groups is 1. The average molecular weight is 238 g/mol. The predicted octanol–water partition coefficient (Wildman–Crippen LogP) is 3.03. The number of fused-ring (bicyclic) bond motifs is 1. The lowest BCUT2D eigenvalue weighted by atomic mass is 9.54. The third-order valence-electron chi connectivity index (χ3n) is 5.38. The maximum atomic E-state index is 12.5. The van der Waals surface area contributed by atoms with E-state index in [0.29, 0.717) is 17.6 Å². The van der Waals surface area contributed by atoms with Crippen molar-refractivity contribution in [3.63, 3.8) is 0 Å². The number of aliphatic hydroxyl groups is 1. The van der Waals surface area contributed by atoms with Crippen LogP contribution in [0, 0.1) is 29.6 Å². The van der Waals surface area contributed by atoms with Crippen LogP contribution < -0.4 is 0 Å². The Labute approximate surface area is 105 Å². The minimum Gasteiger partial charge on any atom is -0.389 e. The van der Waals surface area contributed by atoms with Crippen LogP contribution in [0.5, 0.6) is 0 Å². The molecule has 0 spiro atoms. The van der Waals surface area contributed by atoms with Crippen molar-refractivity contribution < 1.29 is 9.90 Å². The molecule has 1 N–H and O–H groups in total. The number of ketones is 1. The SMILES string of the molecule is CC(C)[C@@H]1CC[C@@H](C)[C@@]2(O)CC[C@@H](C)C(=O)[C@H]12. The molecule has 0 aliphatic heterocycles. The molecule has 0 heterocycles. The van der Waals surface area contributed by atoms with Crippen LogP contribution in [0.15, 0.2) is 0 Å². The molecule has 0 radical (unpaired) electrons. The first-order valence-corrected chi connectivity index (χ1v) is 7.14. The zero-order valence-electron chi connectivity index (χ0n) is 11.6. The summed E-state index contributed by atoms with van der Waals surface area (Å²) in [6.07, 6.45) is 3.84. The van der Waals surface area contributed by atoms with Crippen molar-refractivity contribution in [1.82, 2.24) is 0 Å². The van der Waals surface area contributed by atoms with Gasteiger partial charge in [-0.15, -0.1) is 0 Å². The van der Waals surface area contributed by atoms with Crippen molar-refractivity contribution in [2.75, 3.05) is 0 Å². The second kappa shape index (κ2) is 4.38. The van der Waals surface area contributed by atoms with Gasteiger partial charge in [0.1, 0.15) is 5.78 Å². The van der Waals surface area contributed by atoms with Crippen molar-refractivity contribution in [1.29, 1.82) is 0 Å². The molecule has 2 aliphatic carbocycles. The average Bonchev–Trinajstić information content (AvgIpc) is 2.26. The van der Waals surface area contributed by atoms with Gasteiger partial charge in [-0.3, -0.25) is 4.79 Å². The molecular formula is C15H26O2. The number of hydrogen-bond acceptors (Lipinski definition) is 2. The van der Waals surface area contributed by atoms with Gasteiger partial charge >= 0.3 is 0 Å². The Morgan fingerprint density at radius 1 is 1.24 bits per heavy atom. The molecular weight excluding hydrogens is 212 g/mol. The summed E-state index contributed by atoms with van der Waals surface area (Å²) in [6, 6.07) is 0. The summed E-state index contributed by atoms with van der Waals surface area (Å²) in [7, 11) is 0. The molecule has 0 amide bonds. The lowest BCUT2D eigenvalue weighted by molar-refractivity contribution is -0.170. The Hall–Kier alpha value is -0.370. The zero-order valence-corrected chi connectivity index (χ0v) is 11.6. The van der Waals surface area contributed by atoms with E-state index in [9.17, 15) is 9.90 Å². The molecule has 17 heavy (non-hydrogen) atoms. The van der Waals surface area contributed by atoms with E-state index in [1.165, 1.54) is 0 Å². The number of carbonyl (C=O) groups excluding carboxylic acids is 1. The fraction of sp³-hybridized carbons (Fsp3) is 0.933. The third kappa shape index (κ3) is 1.95.